The molecule has 1 unspecified atom stereocenters. The van der Waals surface area contributed by atoms with Crippen molar-refractivity contribution in [2.45, 2.75) is 84.8 Å². The lowest BCUT2D eigenvalue weighted by molar-refractivity contribution is 0.0883. The first kappa shape index (κ1) is 20.7. The second-order valence-corrected chi connectivity index (χ2v) is 10.5. The Bertz CT molecular complexity index is 807. The van der Waals surface area contributed by atoms with Crippen molar-refractivity contribution in [1.29, 1.82) is 0 Å². The summed E-state index contributed by atoms with van der Waals surface area (Å²) in [6.07, 6.45) is 9.41. The molecule has 1 heterocycles. The van der Waals surface area contributed by atoms with Crippen molar-refractivity contribution in [3.63, 3.8) is 0 Å². The topological polar surface area (TPSA) is 12.5 Å². The number of rotatable bonds is 4. The predicted molar refractivity (Wildman–Crippen MR) is 124 cm³/mol. The van der Waals surface area contributed by atoms with Crippen molar-refractivity contribution < 1.29 is 4.74 Å². The van der Waals surface area contributed by atoms with Gasteiger partial charge in [0.15, 0.2) is 0 Å². The van der Waals surface area contributed by atoms with Crippen LogP contribution in [0.3, 0.4) is 0 Å². The Labute approximate surface area is 177 Å². The van der Waals surface area contributed by atoms with E-state index in [2.05, 4.69) is 69.0 Å². The molecule has 1 aliphatic heterocycles. The van der Waals surface area contributed by atoms with Gasteiger partial charge in [-0.25, -0.2) is 0 Å². The number of likely N-dealkylation sites (tertiary alicyclic amines) is 1. The highest BCUT2D eigenvalue weighted by Crippen LogP contribution is 2.39. The van der Waals surface area contributed by atoms with E-state index in [1.165, 1.54) is 74.4 Å². The molecule has 0 spiro atoms. The summed E-state index contributed by atoms with van der Waals surface area (Å²) in [6.45, 7) is 12.0. The smallest absolute Gasteiger partial charge is 0.120 e. The molecule has 158 valence electrons. The molecule has 2 nitrogen and oxygen atoms in total. The molecule has 29 heavy (non-hydrogen) atoms. The third kappa shape index (κ3) is 4.97. The van der Waals surface area contributed by atoms with Crippen molar-refractivity contribution in [3.05, 3.63) is 42.0 Å². The third-order valence-corrected chi connectivity index (χ3v) is 7.46. The fourth-order valence-corrected chi connectivity index (χ4v) is 5.33. The lowest BCUT2D eigenvalue weighted by Crippen LogP contribution is -2.32. The van der Waals surface area contributed by atoms with Gasteiger partial charge in [-0.05, 0) is 104 Å². The Balaban J connectivity index is 1.41. The average Bonchev–Trinajstić information content (AvgIpc) is 2.73. The summed E-state index contributed by atoms with van der Waals surface area (Å²) in [7, 11) is 0. The summed E-state index contributed by atoms with van der Waals surface area (Å²) in [5.41, 5.74) is 1.87. The van der Waals surface area contributed by atoms with Gasteiger partial charge in [-0.2, -0.15) is 0 Å². The molecule has 2 aromatic carbocycles. The number of fused-ring (bicyclic) bond motifs is 1. The molecule has 4 rings (SSSR count). The highest BCUT2D eigenvalue weighted by Gasteiger charge is 2.30. The molecule has 0 amide bonds. The lowest BCUT2D eigenvalue weighted by atomic mass is 9.72. The summed E-state index contributed by atoms with van der Waals surface area (Å²) in [5, 5.41) is 2.62. The van der Waals surface area contributed by atoms with Crippen LogP contribution in [0, 0.1) is 11.3 Å². The Kier molecular flexibility index (Phi) is 6.20. The van der Waals surface area contributed by atoms with Gasteiger partial charge >= 0.3 is 0 Å². The van der Waals surface area contributed by atoms with Gasteiger partial charge in [-0.1, -0.05) is 45.4 Å². The molecule has 0 N–H and O–H groups in total. The van der Waals surface area contributed by atoms with Crippen LogP contribution in [0.1, 0.15) is 84.2 Å². The maximum Gasteiger partial charge on any atom is 0.120 e. The van der Waals surface area contributed by atoms with Crippen molar-refractivity contribution in [1.82, 2.24) is 4.90 Å². The quantitative estimate of drug-likeness (QED) is 0.537. The number of hydrogen-bond donors (Lipinski definition) is 0. The summed E-state index contributed by atoms with van der Waals surface area (Å²) in [4.78, 5) is 2.63. The van der Waals surface area contributed by atoms with Crippen LogP contribution in [0.4, 0.5) is 0 Å². The molecule has 1 saturated heterocycles. The van der Waals surface area contributed by atoms with E-state index in [0.717, 1.165) is 11.7 Å². The summed E-state index contributed by atoms with van der Waals surface area (Å²) < 4.78 is 6.39. The Hall–Kier alpha value is -1.54. The van der Waals surface area contributed by atoms with Crippen LogP contribution in [0.15, 0.2) is 36.4 Å². The first-order valence-corrected chi connectivity index (χ1v) is 11.8. The molecule has 1 saturated carbocycles. The molecule has 1 atom stereocenters. The molecule has 2 fully saturated rings. The highest BCUT2D eigenvalue weighted by atomic mass is 16.5. The second kappa shape index (κ2) is 8.68. The minimum atomic E-state index is 0.379. The summed E-state index contributed by atoms with van der Waals surface area (Å²) in [6, 6.07) is 14.2. The van der Waals surface area contributed by atoms with Gasteiger partial charge < -0.3 is 4.74 Å². The number of benzene rings is 2. The van der Waals surface area contributed by atoms with E-state index in [1.807, 2.05) is 0 Å². The van der Waals surface area contributed by atoms with Crippen molar-refractivity contribution in [2.24, 2.45) is 11.3 Å². The SMILES string of the molecule is CC(c1ccc2cc(OC3CCC(C(C)(C)C)CC3)ccc2c1)N1CCCCC1. The van der Waals surface area contributed by atoms with Gasteiger partial charge in [0.2, 0.25) is 0 Å². The van der Waals surface area contributed by atoms with Crippen LogP contribution < -0.4 is 4.74 Å². The maximum atomic E-state index is 6.39. The van der Waals surface area contributed by atoms with Crippen LogP contribution in [0.2, 0.25) is 0 Å². The molecule has 0 radical (unpaired) electrons. The van der Waals surface area contributed by atoms with Crippen LogP contribution in [-0.4, -0.2) is 24.1 Å². The summed E-state index contributed by atoms with van der Waals surface area (Å²) in [5.74, 6) is 1.87. The van der Waals surface area contributed by atoms with Gasteiger partial charge in [0, 0.05) is 6.04 Å². The Morgan fingerprint density at radius 2 is 1.52 bits per heavy atom. The van der Waals surface area contributed by atoms with Crippen LogP contribution in [-0.2, 0) is 0 Å². The standard InChI is InChI=1S/C27H39NO/c1-20(28-16-6-5-7-17-28)21-8-9-23-19-26(13-10-22(23)18-21)29-25-14-11-24(12-15-25)27(2,3)4/h8-10,13,18-20,24-25H,5-7,11-12,14-17H2,1-4H3. The first-order valence-electron chi connectivity index (χ1n) is 11.8. The summed E-state index contributed by atoms with van der Waals surface area (Å²) >= 11 is 0. The molecule has 0 aromatic heterocycles. The second-order valence-electron chi connectivity index (χ2n) is 10.5. The number of piperidine rings is 1. The minimum absolute atomic E-state index is 0.379. The van der Waals surface area contributed by atoms with E-state index in [9.17, 15) is 0 Å². The Morgan fingerprint density at radius 1 is 0.862 bits per heavy atom. The molecule has 1 aliphatic carbocycles. The zero-order chi connectivity index (χ0) is 20.4. The van der Waals surface area contributed by atoms with Crippen molar-refractivity contribution >= 4 is 10.8 Å². The lowest BCUT2D eigenvalue weighted by Gasteiger charge is -2.37. The van der Waals surface area contributed by atoms with E-state index < -0.39 is 0 Å². The van der Waals surface area contributed by atoms with Gasteiger partial charge in [0.05, 0.1) is 6.10 Å². The molecular weight excluding hydrogens is 354 g/mol. The maximum absolute atomic E-state index is 6.39. The van der Waals surface area contributed by atoms with Gasteiger partial charge in [0.1, 0.15) is 5.75 Å². The third-order valence-electron chi connectivity index (χ3n) is 7.46. The minimum Gasteiger partial charge on any atom is -0.490 e. The van der Waals surface area contributed by atoms with Gasteiger partial charge in [-0.15, -0.1) is 0 Å². The Morgan fingerprint density at radius 3 is 2.21 bits per heavy atom. The normalized spacial score (nSPS) is 25.1. The number of hydrogen-bond acceptors (Lipinski definition) is 2. The van der Waals surface area contributed by atoms with Gasteiger partial charge in [0.25, 0.3) is 0 Å². The monoisotopic (exact) mass is 393 g/mol. The molecular formula is C27H39NO. The molecule has 0 bridgehead atoms. The van der Waals surface area contributed by atoms with E-state index in [-0.39, 0.29) is 0 Å². The van der Waals surface area contributed by atoms with E-state index in [0.29, 0.717) is 17.6 Å². The average molecular weight is 394 g/mol. The molecule has 2 heteroatoms. The van der Waals surface area contributed by atoms with Crippen molar-refractivity contribution in [3.8, 4) is 5.75 Å². The molecule has 2 aliphatic rings. The van der Waals surface area contributed by atoms with E-state index in [4.69, 9.17) is 4.74 Å². The molecule has 2 aromatic rings. The van der Waals surface area contributed by atoms with Crippen LogP contribution in [0.5, 0.6) is 5.75 Å². The van der Waals surface area contributed by atoms with Gasteiger partial charge in [-0.3, -0.25) is 4.90 Å². The fraction of sp³-hybridized carbons (Fsp3) is 0.630. The predicted octanol–water partition coefficient (Wildman–Crippen LogP) is 7.37. The zero-order valence-electron chi connectivity index (χ0n) is 18.9. The van der Waals surface area contributed by atoms with Crippen LogP contribution in [0.25, 0.3) is 10.8 Å². The van der Waals surface area contributed by atoms with E-state index in [1.54, 1.807) is 0 Å². The van der Waals surface area contributed by atoms with Crippen molar-refractivity contribution in [2.75, 3.05) is 13.1 Å². The zero-order valence-corrected chi connectivity index (χ0v) is 18.9. The first-order chi connectivity index (χ1) is 13.9. The van der Waals surface area contributed by atoms with E-state index >= 15 is 0 Å². The number of ether oxygens (including phenoxy) is 1. The number of nitrogens with zero attached hydrogens (tertiary/aromatic N) is 1. The fourth-order valence-electron chi connectivity index (χ4n) is 5.33. The van der Waals surface area contributed by atoms with Crippen LogP contribution >= 0.6 is 0 Å². The largest absolute Gasteiger partial charge is 0.490 e. The highest BCUT2D eigenvalue weighted by molar-refractivity contribution is 5.84.